The van der Waals surface area contributed by atoms with Crippen molar-refractivity contribution in [2.75, 3.05) is 27.2 Å². The van der Waals surface area contributed by atoms with Gasteiger partial charge in [0.2, 0.25) is 0 Å². The zero-order valence-corrected chi connectivity index (χ0v) is 13.5. The van der Waals surface area contributed by atoms with Crippen molar-refractivity contribution in [3.05, 3.63) is 21.3 Å². The fourth-order valence-electron chi connectivity index (χ4n) is 2.77. The molecule has 106 valence electrons. The van der Waals surface area contributed by atoms with Crippen LogP contribution in [0.5, 0.6) is 0 Å². The average molecular weight is 301 g/mol. The predicted molar refractivity (Wildman–Crippen MR) is 81.0 cm³/mol. The van der Waals surface area contributed by atoms with E-state index >= 15 is 0 Å². The summed E-state index contributed by atoms with van der Waals surface area (Å²) in [7, 11) is 4.18. The Morgan fingerprint density at radius 2 is 2.16 bits per heavy atom. The fraction of sp³-hybridized carbons (Fsp3) is 0.643. The standard InChI is InChI=1S/C14H21ClN2OS/c1-9(2)10-7-17(8-12(10)16(3)4)14(18)13-11(15)5-6-19-13/h5-6,9-10,12H,7-8H2,1-4H3. The van der Waals surface area contributed by atoms with Gasteiger partial charge in [0.25, 0.3) is 5.91 Å². The molecule has 1 saturated heterocycles. The maximum atomic E-state index is 12.5. The summed E-state index contributed by atoms with van der Waals surface area (Å²) in [5, 5.41) is 2.44. The van der Waals surface area contributed by atoms with Crippen LogP contribution in [0.1, 0.15) is 23.5 Å². The molecule has 2 heterocycles. The van der Waals surface area contributed by atoms with E-state index in [0.29, 0.717) is 27.8 Å². The quantitative estimate of drug-likeness (QED) is 0.856. The SMILES string of the molecule is CC(C)C1CN(C(=O)c2sccc2Cl)CC1N(C)C. The minimum absolute atomic E-state index is 0.0787. The molecule has 5 heteroatoms. The monoisotopic (exact) mass is 300 g/mol. The third-order valence-corrected chi connectivity index (χ3v) is 5.28. The van der Waals surface area contributed by atoms with Crippen molar-refractivity contribution in [1.82, 2.24) is 9.80 Å². The van der Waals surface area contributed by atoms with Crippen LogP contribution < -0.4 is 0 Å². The van der Waals surface area contributed by atoms with Crippen LogP contribution in [0.2, 0.25) is 5.02 Å². The zero-order valence-electron chi connectivity index (χ0n) is 11.9. The van der Waals surface area contributed by atoms with Crippen LogP contribution in [0, 0.1) is 11.8 Å². The van der Waals surface area contributed by atoms with Crippen LogP contribution >= 0.6 is 22.9 Å². The van der Waals surface area contributed by atoms with Crippen molar-refractivity contribution in [3.63, 3.8) is 0 Å². The fourth-order valence-corrected chi connectivity index (χ4v) is 3.87. The second kappa shape index (κ2) is 5.81. The molecule has 1 amide bonds. The molecule has 1 aliphatic heterocycles. The molecular formula is C14H21ClN2OS. The highest BCUT2D eigenvalue weighted by Crippen LogP contribution is 2.30. The molecule has 1 aromatic heterocycles. The first-order valence-corrected chi connectivity index (χ1v) is 7.86. The minimum atomic E-state index is 0.0787. The van der Waals surface area contributed by atoms with Gasteiger partial charge in [0.05, 0.1) is 5.02 Å². The highest BCUT2D eigenvalue weighted by molar-refractivity contribution is 7.12. The summed E-state index contributed by atoms with van der Waals surface area (Å²) in [5.74, 6) is 1.18. The van der Waals surface area contributed by atoms with E-state index in [0.717, 1.165) is 13.1 Å². The Morgan fingerprint density at radius 1 is 1.47 bits per heavy atom. The van der Waals surface area contributed by atoms with E-state index in [2.05, 4.69) is 32.8 Å². The smallest absolute Gasteiger partial charge is 0.265 e. The Kier molecular flexibility index (Phi) is 4.54. The van der Waals surface area contributed by atoms with Gasteiger partial charge in [-0.1, -0.05) is 25.4 Å². The number of hydrogen-bond acceptors (Lipinski definition) is 3. The second-order valence-electron chi connectivity index (χ2n) is 5.75. The summed E-state index contributed by atoms with van der Waals surface area (Å²) in [6.45, 7) is 6.08. The molecule has 0 N–H and O–H groups in total. The Hall–Kier alpha value is -0.580. The molecule has 0 spiro atoms. The molecule has 2 atom stereocenters. The highest BCUT2D eigenvalue weighted by Gasteiger charge is 2.38. The van der Waals surface area contributed by atoms with Gasteiger partial charge in [0.15, 0.2) is 0 Å². The average Bonchev–Trinajstić information content (AvgIpc) is 2.93. The lowest BCUT2D eigenvalue weighted by atomic mass is 9.91. The van der Waals surface area contributed by atoms with Crippen molar-refractivity contribution in [2.24, 2.45) is 11.8 Å². The minimum Gasteiger partial charge on any atom is -0.336 e. The summed E-state index contributed by atoms with van der Waals surface area (Å²) in [6, 6.07) is 2.22. The van der Waals surface area contributed by atoms with Gasteiger partial charge in [-0.15, -0.1) is 11.3 Å². The van der Waals surface area contributed by atoms with Gasteiger partial charge in [-0.2, -0.15) is 0 Å². The molecule has 1 aromatic rings. The number of rotatable bonds is 3. The first kappa shape index (κ1) is 14.8. The molecule has 0 radical (unpaired) electrons. The lowest BCUT2D eigenvalue weighted by Crippen LogP contribution is -2.37. The van der Waals surface area contributed by atoms with Gasteiger partial charge in [-0.3, -0.25) is 4.79 Å². The van der Waals surface area contributed by atoms with E-state index in [1.807, 2.05) is 10.3 Å². The Morgan fingerprint density at radius 3 is 2.58 bits per heavy atom. The molecular weight excluding hydrogens is 280 g/mol. The number of hydrogen-bond donors (Lipinski definition) is 0. The molecule has 19 heavy (non-hydrogen) atoms. The van der Waals surface area contributed by atoms with E-state index < -0.39 is 0 Å². The van der Waals surface area contributed by atoms with Gasteiger partial charge >= 0.3 is 0 Å². The van der Waals surface area contributed by atoms with Gasteiger partial charge in [0.1, 0.15) is 4.88 Å². The van der Waals surface area contributed by atoms with E-state index in [1.54, 1.807) is 6.07 Å². The number of nitrogens with zero attached hydrogens (tertiary/aromatic N) is 2. The van der Waals surface area contributed by atoms with Crippen LogP contribution in [0.3, 0.4) is 0 Å². The molecule has 2 unspecified atom stereocenters. The molecule has 0 aliphatic carbocycles. The van der Waals surface area contributed by atoms with E-state index in [-0.39, 0.29) is 5.91 Å². The largest absolute Gasteiger partial charge is 0.336 e. The topological polar surface area (TPSA) is 23.6 Å². The van der Waals surface area contributed by atoms with E-state index in [9.17, 15) is 4.79 Å². The van der Waals surface area contributed by atoms with Crippen molar-refractivity contribution in [1.29, 1.82) is 0 Å². The number of likely N-dealkylation sites (N-methyl/N-ethyl adjacent to an activating group) is 1. The summed E-state index contributed by atoms with van der Waals surface area (Å²) < 4.78 is 0. The lowest BCUT2D eigenvalue weighted by molar-refractivity contribution is 0.0785. The first-order valence-electron chi connectivity index (χ1n) is 6.60. The van der Waals surface area contributed by atoms with E-state index in [4.69, 9.17) is 11.6 Å². The lowest BCUT2D eigenvalue weighted by Gasteiger charge is -2.27. The molecule has 0 saturated carbocycles. The normalized spacial score (nSPS) is 23.6. The van der Waals surface area contributed by atoms with Gasteiger partial charge < -0.3 is 9.80 Å². The number of thiophene rings is 1. The number of likely N-dealkylation sites (tertiary alicyclic amines) is 1. The van der Waals surface area contributed by atoms with Crippen LogP contribution in [0.25, 0.3) is 0 Å². The summed E-state index contributed by atoms with van der Waals surface area (Å²) in [4.78, 5) is 17.4. The Balaban J connectivity index is 2.15. The zero-order chi connectivity index (χ0) is 14.2. The van der Waals surface area contributed by atoms with Gasteiger partial charge in [-0.05, 0) is 37.4 Å². The highest BCUT2D eigenvalue weighted by atomic mass is 35.5. The van der Waals surface area contributed by atoms with Crippen LogP contribution in [-0.2, 0) is 0 Å². The van der Waals surface area contributed by atoms with Gasteiger partial charge in [-0.25, -0.2) is 0 Å². The first-order chi connectivity index (χ1) is 8.91. The van der Waals surface area contributed by atoms with Crippen molar-refractivity contribution in [2.45, 2.75) is 19.9 Å². The number of halogens is 1. The summed E-state index contributed by atoms with van der Waals surface area (Å²) in [5.41, 5.74) is 0. The van der Waals surface area contributed by atoms with Crippen LogP contribution in [0.15, 0.2) is 11.4 Å². The Labute approximate surface area is 124 Å². The molecule has 1 aliphatic rings. The third kappa shape index (κ3) is 2.96. The number of amides is 1. The number of carbonyl (C=O) groups is 1. The van der Waals surface area contributed by atoms with Crippen LogP contribution in [-0.4, -0.2) is 48.9 Å². The molecule has 0 bridgehead atoms. The van der Waals surface area contributed by atoms with E-state index in [1.165, 1.54) is 11.3 Å². The maximum Gasteiger partial charge on any atom is 0.265 e. The summed E-state index contributed by atoms with van der Waals surface area (Å²) >= 11 is 7.49. The Bertz CT molecular complexity index is 442. The molecule has 2 rings (SSSR count). The molecule has 1 fully saturated rings. The van der Waals surface area contributed by atoms with Crippen molar-refractivity contribution in [3.8, 4) is 0 Å². The second-order valence-corrected chi connectivity index (χ2v) is 7.07. The van der Waals surface area contributed by atoms with Gasteiger partial charge in [0, 0.05) is 19.1 Å². The van der Waals surface area contributed by atoms with Crippen LogP contribution in [0.4, 0.5) is 0 Å². The molecule has 0 aromatic carbocycles. The van der Waals surface area contributed by atoms with Crippen molar-refractivity contribution >= 4 is 28.8 Å². The maximum absolute atomic E-state index is 12.5. The van der Waals surface area contributed by atoms with Crippen molar-refractivity contribution < 1.29 is 4.79 Å². The number of carbonyl (C=O) groups excluding carboxylic acids is 1. The predicted octanol–water partition coefficient (Wildman–Crippen LogP) is 3.06. The third-order valence-electron chi connectivity index (χ3n) is 3.95. The molecule has 3 nitrogen and oxygen atoms in total. The summed E-state index contributed by atoms with van der Waals surface area (Å²) in [6.07, 6.45) is 0.